The zero-order valence-electron chi connectivity index (χ0n) is 14.9. The Bertz CT molecular complexity index is 363. The van der Waals surface area contributed by atoms with Gasteiger partial charge < -0.3 is 28.4 Å². The molecule has 0 aromatic rings. The summed E-state index contributed by atoms with van der Waals surface area (Å²) in [6.07, 6.45) is 0. The maximum Gasteiger partial charge on any atom is 0.302 e. The van der Waals surface area contributed by atoms with Gasteiger partial charge in [-0.3, -0.25) is 9.59 Å². The van der Waals surface area contributed by atoms with Crippen LogP contribution in [0.25, 0.3) is 0 Å². The van der Waals surface area contributed by atoms with E-state index in [1.165, 1.54) is 13.8 Å². The van der Waals surface area contributed by atoms with Crippen molar-refractivity contribution in [1.29, 1.82) is 0 Å². The summed E-state index contributed by atoms with van der Waals surface area (Å²) < 4.78 is 33.0. The van der Waals surface area contributed by atoms with E-state index >= 15 is 0 Å². The summed E-state index contributed by atoms with van der Waals surface area (Å²) in [5, 5.41) is 0. The average Bonchev–Trinajstić information content (AvgIpc) is 2.56. The molecular formula is C16H28O8. The maximum atomic E-state index is 11.1. The Hall–Kier alpha value is -1.22. The van der Waals surface area contributed by atoms with E-state index < -0.39 is 23.1 Å². The summed E-state index contributed by atoms with van der Waals surface area (Å²) in [5.74, 6) is -0.805. The second kappa shape index (κ2) is 9.93. The van der Waals surface area contributed by atoms with Crippen molar-refractivity contribution in [3.63, 3.8) is 0 Å². The van der Waals surface area contributed by atoms with E-state index in [4.69, 9.17) is 28.4 Å². The second-order valence-corrected chi connectivity index (χ2v) is 5.78. The molecule has 0 aliphatic carbocycles. The SMILES string of the molecule is CCOC[C@]1(COC(C)=O)CO[C@@](COCC)(COC(C)=O)CO1. The van der Waals surface area contributed by atoms with Crippen molar-refractivity contribution in [1.82, 2.24) is 0 Å². The fraction of sp³-hybridized carbons (Fsp3) is 0.875. The normalized spacial score (nSPS) is 26.8. The van der Waals surface area contributed by atoms with E-state index in [1.807, 2.05) is 13.8 Å². The standard InChI is InChI=1S/C16H28O8/c1-5-19-7-15(9-21-13(3)17)11-24-16(12-23-15,8-20-6-2)10-22-14(4)18/h5-12H2,1-4H3/t15-,16-/m0/s1. The Morgan fingerprint density at radius 1 is 0.792 bits per heavy atom. The highest BCUT2D eigenvalue weighted by molar-refractivity contribution is 5.66. The summed E-state index contributed by atoms with van der Waals surface area (Å²) >= 11 is 0. The molecule has 0 spiro atoms. The van der Waals surface area contributed by atoms with E-state index in [9.17, 15) is 9.59 Å². The van der Waals surface area contributed by atoms with E-state index in [2.05, 4.69) is 0 Å². The Kier molecular flexibility index (Phi) is 8.61. The third-order valence-electron chi connectivity index (χ3n) is 3.50. The molecular weight excluding hydrogens is 320 g/mol. The van der Waals surface area contributed by atoms with Gasteiger partial charge >= 0.3 is 11.9 Å². The molecule has 0 N–H and O–H groups in total. The fourth-order valence-corrected chi connectivity index (χ4v) is 2.11. The molecule has 1 aliphatic heterocycles. The van der Waals surface area contributed by atoms with E-state index in [-0.39, 0.29) is 39.6 Å². The second-order valence-electron chi connectivity index (χ2n) is 5.78. The number of ether oxygens (including phenoxy) is 6. The molecule has 0 unspecified atom stereocenters. The lowest BCUT2D eigenvalue weighted by Crippen LogP contribution is -2.61. The third kappa shape index (κ3) is 6.72. The number of carbonyl (C=O) groups excluding carboxylic acids is 2. The predicted octanol–water partition coefficient (Wildman–Crippen LogP) is 0.710. The molecule has 24 heavy (non-hydrogen) atoms. The summed E-state index contributed by atoms with van der Waals surface area (Å²) in [7, 11) is 0. The molecule has 1 heterocycles. The topological polar surface area (TPSA) is 89.5 Å². The van der Waals surface area contributed by atoms with Crippen LogP contribution in [0.1, 0.15) is 27.7 Å². The van der Waals surface area contributed by atoms with E-state index in [0.717, 1.165) is 0 Å². The van der Waals surface area contributed by atoms with Crippen molar-refractivity contribution in [2.24, 2.45) is 0 Å². The minimum absolute atomic E-state index is 0.0284. The number of carbonyl (C=O) groups is 2. The highest BCUT2D eigenvalue weighted by Crippen LogP contribution is 2.28. The smallest absolute Gasteiger partial charge is 0.302 e. The highest BCUT2D eigenvalue weighted by atomic mass is 16.7. The minimum atomic E-state index is -0.881. The molecule has 1 fully saturated rings. The first-order valence-corrected chi connectivity index (χ1v) is 8.07. The molecule has 140 valence electrons. The van der Waals surface area contributed by atoms with Gasteiger partial charge in [-0.05, 0) is 13.8 Å². The Labute approximate surface area is 142 Å². The van der Waals surface area contributed by atoms with Gasteiger partial charge in [-0.15, -0.1) is 0 Å². The zero-order chi connectivity index (χ0) is 18.1. The number of hydrogen-bond donors (Lipinski definition) is 0. The van der Waals surface area contributed by atoms with Crippen molar-refractivity contribution < 1.29 is 38.0 Å². The summed E-state index contributed by atoms with van der Waals surface area (Å²) in [6, 6.07) is 0. The number of hydrogen-bond acceptors (Lipinski definition) is 8. The molecule has 1 aliphatic rings. The lowest BCUT2D eigenvalue weighted by Gasteiger charge is -2.45. The first-order valence-electron chi connectivity index (χ1n) is 8.07. The molecule has 8 nitrogen and oxygen atoms in total. The van der Waals surface area contributed by atoms with Crippen LogP contribution >= 0.6 is 0 Å². The molecule has 0 radical (unpaired) electrons. The van der Waals surface area contributed by atoms with Crippen LogP contribution in [-0.4, -0.2) is 76.0 Å². The quantitative estimate of drug-likeness (QED) is 0.533. The minimum Gasteiger partial charge on any atom is -0.463 e. The monoisotopic (exact) mass is 348 g/mol. The van der Waals surface area contributed by atoms with Crippen molar-refractivity contribution in [2.45, 2.75) is 38.9 Å². The Balaban J connectivity index is 2.75. The summed E-state index contributed by atoms with van der Waals surface area (Å²) in [5.41, 5.74) is -1.76. The van der Waals surface area contributed by atoms with Crippen molar-refractivity contribution >= 4 is 11.9 Å². The van der Waals surface area contributed by atoms with Crippen LogP contribution in [0.4, 0.5) is 0 Å². The molecule has 0 amide bonds. The van der Waals surface area contributed by atoms with Gasteiger partial charge in [-0.25, -0.2) is 0 Å². The van der Waals surface area contributed by atoms with Crippen molar-refractivity contribution in [2.75, 3.05) is 52.9 Å². The summed E-state index contributed by atoms with van der Waals surface area (Å²) in [4.78, 5) is 22.2. The van der Waals surface area contributed by atoms with Gasteiger partial charge in [0, 0.05) is 27.1 Å². The molecule has 2 atom stereocenters. The average molecular weight is 348 g/mol. The van der Waals surface area contributed by atoms with E-state index in [0.29, 0.717) is 13.2 Å². The van der Waals surface area contributed by atoms with Gasteiger partial charge in [-0.1, -0.05) is 0 Å². The molecule has 0 aromatic heterocycles. The fourth-order valence-electron chi connectivity index (χ4n) is 2.11. The molecule has 0 bridgehead atoms. The number of esters is 2. The Morgan fingerprint density at radius 3 is 1.42 bits per heavy atom. The van der Waals surface area contributed by atoms with Crippen LogP contribution in [-0.2, 0) is 38.0 Å². The zero-order valence-corrected chi connectivity index (χ0v) is 14.9. The molecule has 1 rings (SSSR count). The van der Waals surface area contributed by atoms with Crippen LogP contribution in [0.15, 0.2) is 0 Å². The molecule has 1 saturated heterocycles. The first-order chi connectivity index (χ1) is 11.4. The maximum absolute atomic E-state index is 11.1. The van der Waals surface area contributed by atoms with Gasteiger partial charge in [0.25, 0.3) is 0 Å². The van der Waals surface area contributed by atoms with Crippen molar-refractivity contribution in [3.8, 4) is 0 Å². The van der Waals surface area contributed by atoms with Gasteiger partial charge in [0.2, 0.25) is 0 Å². The van der Waals surface area contributed by atoms with E-state index in [1.54, 1.807) is 0 Å². The van der Waals surface area contributed by atoms with Gasteiger partial charge in [-0.2, -0.15) is 0 Å². The third-order valence-corrected chi connectivity index (χ3v) is 3.50. The predicted molar refractivity (Wildman–Crippen MR) is 83.6 cm³/mol. The summed E-state index contributed by atoms with van der Waals surface area (Å²) in [6.45, 7) is 8.18. The van der Waals surface area contributed by atoms with Crippen LogP contribution in [0.5, 0.6) is 0 Å². The number of rotatable bonds is 10. The van der Waals surface area contributed by atoms with Crippen LogP contribution in [0, 0.1) is 0 Å². The van der Waals surface area contributed by atoms with Crippen LogP contribution in [0.2, 0.25) is 0 Å². The molecule has 8 heteroatoms. The largest absolute Gasteiger partial charge is 0.463 e. The van der Waals surface area contributed by atoms with Crippen LogP contribution in [0.3, 0.4) is 0 Å². The van der Waals surface area contributed by atoms with Crippen molar-refractivity contribution in [3.05, 3.63) is 0 Å². The highest BCUT2D eigenvalue weighted by Gasteiger charge is 2.47. The van der Waals surface area contributed by atoms with Crippen LogP contribution < -0.4 is 0 Å². The van der Waals surface area contributed by atoms with Gasteiger partial charge in [0.05, 0.1) is 26.4 Å². The van der Waals surface area contributed by atoms with Gasteiger partial charge in [0.1, 0.15) is 24.4 Å². The Morgan fingerprint density at radius 2 is 1.17 bits per heavy atom. The molecule has 0 aromatic carbocycles. The van der Waals surface area contributed by atoms with Gasteiger partial charge in [0.15, 0.2) is 0 Å². The first kappa shape index (κ1) is 20.8. The lowest BCUT2D eigenvalue weighted by atomic mass is 10.0. The lowest BCUT2D eigenvalue weighted by molar-refractivity contribution is -0.279. The molecule has 0 saturated carbocycles.